The lowest BCUT2D eigenvalue weighted by Crippen LogP contribution is -2.25. The zero-order chi connectivity index (χ0) is 16.9. The molecule has 1 aromatic carbocycles. The topological polar surface area (TPSA) is 89.0 Å². The number of nitrogens with zero attached hydrogens (tertiary/aromatic N) is 2. The predicted molar refractivity (Wildman–Crippen MR) is 92.4 cm³/mol. The van der Waals surface area contributed by atoms with Crippen LogP contribution in [0.15, 0.2) is 34.2 Å². The number of benzene rings is 1. The second-order valence-corrected chi connectivity index (χ2v) is 6.65. The lowest BCUT2D eigenvalue weighted by atomic mass is 10.2. The molecule has 0 unspecified atom stereocenters. The lowest BCUT2D eigenvalue weighted by Gasteiger charge is -2.11. The van der Waals surface area contributed by atoms with E-state index in [1.54, 1.807) is 4.57 Å². The van der Waals surface area contributed by atoms with Crippen LogP contribution in [0.25, 0.3) is 0 Å². The number of aromatic amines is 1. The molecule has 8 heteroatoms. The maximum Gasteiger partial charge on any atom is 0.344 e. The summed E-state index contributed by atoms with van der Waals surface area (Å²) in [6, 6.07) is 7.60. The third kappa shape index (κ3) is 4.07. The maximum atomic E-state index is 12.1. The minimum atomic E-state index is -0.271. The molecule has 3 rings (SSSR count). The van der Waals surface area contributed by atoms with Crippen molar-refractivity contribution in [2.75, 3.05) is 17.7 Å². The summed E-state index contributed by atoms with van der Waals surface area (Å²) in [5.74, 6) is 0.0536. The quantitative estimate of drug-likeness (QED) is 0.777. The van der Waals surface area contributed by atoms with Crippen molar-refractivity contribution in [2.24, 2.45) is 0 Å². The highest BCUT2D eigenvalue weighted by Crippen LogP contribution is 2.19. The van der Waals surface area contributed by atoms with Crippen LogP contribution >= 0.6 is 11.8 Å². The Labute approximate surface area is 143 Å². The number of rotatable bonds is 6. The summed E-state index contributed by atoms with van der Waals surface area (Å²) in [5.41, 5.74) is 1.53. The Morgan fingerprint density at radius 2 is 2.33 bits per heavy atom. The van der Waals surface area contributed by atoms with Crippen molar-refractivity contribution in [3.8, 4) is 0 Å². The Morgan fingerprint density at radius 3 is 3.08 bits per heavy atom. The minimum absolute atomic E-state index is 0.0421. The van der Waals surface area contributed by atoms with E-state index in [1.165, 1.54) is 11.8 Å². The highest BCUT2D eigenvalue weighted by molar-refractivity contribution is 7.99. The van der Waals surface area contributed by atoms with Crippen molar-refractivity contribution in [3.63, 3.8) is 0 Å². The van der Waals surface area contributed by atoms with E-state index in [9.17, 15) is 9.59 Å². The first-order valence-electron chi connectivity index (χ1n) is 7.88. The van der Waals surface area contributed by atoms with Crippen LogP contribution in [0.4, 0.5) is 5.69 Å². The molecule has 0 spiro atoms. The number of carbonyl (C=O) groups excluding carboxylic acids is 1. The van der Waals surface area contributed by atoms with Gasteiger partial charge >= 0.3 is 5.69 Å². The molecule has 1 amide bonds. The number of hydrogen-bond donors (Lipinski definition) is 2. The highest BCUT2D eigenvalue weighted by Gasteiger charge is 2.20. The van der Waals surface area contributed by atoms with Crippen molar-refractivity contribution in [2.45, 2.75) is 37.6 Å². The summed E-state index contributed by atoms with van der Waals surface area (Å²) in [4.78, 5) is 24.0. The second-order valence-electron chi connectivity index (χ2n) is 5.71. The van der Waals surface area contributed by atoms with Gasteiger partial charge in [0, 0.05) is 12.3 Å². The largest absolute Gasteiger partial charge is 0.376 e. The normalized spacial score (nSPS) is 17.1. The number of hydrogen-bond acceptors (Lipinski definition) is 5. The molecule has 0 saturated carbocycles. The average Bonchev–Trinajstić information content (AvgIpc) is 3.19. The molecule has 0 bridgehead atoms. The van der Waals surface area contributed by atoms with Gasteiger partial charge < -0.3 is 10.1 Å². The Hall–Kier alpha value is -2.06. The molecule has 1 aliphatic heterocycles. The van der Waals surface area contributed by atoms with Crippen LogP contribution in [-0.2, 0) is 16.1 Å². The van der Waals surface area contributed by atoms with Crippen LogP contribution in [0.5, 0.6) is 0 Å². The molecule has 2 N–H and O–H groups in total. The molecule has 2 aromatic rings. The van der Waals surface area contributed by atoms with Gasteiger partial charge in [-0.15, -0.1) is 5.10 Å². The summed E-state index contributed by atoms with van der Waals surface area (Å²) >= 11 is 1.24. The van der Waals surface area contributed by atoms with E-state index >= 15 is 0 Å². The van der Waals surface area contributed by atoms with Gasteiger partial charge in [-0.2, -0.15) is 0 Å². The number of nitrogens with one attached hydrogen (secondary N) is 2. The molecule has 1 saturated heterocycles. The third-order valence-electron chi connectivity index (χ3n) is 3.88. The van der Waals surface area contributed by atoms with Gasteiger partial charge in [0.25, 0.3) is 0 Å². The molecule has 128 valence electrons. The van der Waals surface area contributed by atoms with Crippen LogP contribution in [0.2, 0.25) is 0 Å². The molecule has 1 aromatic heterocycles. The number of para-hydroxylation sites is 1. The van der Waals surface area contributed by atoms with Gasteiger partial charge in [0.05, 0.1) is 18.4 Å². The highest BCUT2D eigenvalue weighted by atomic mass is 32.2. The van der Waals surface area contributed by atoms with E-state index in [1.807, 2.05) is 31.2 Å². The Kier molecular flexibility index (Phi) is 5.37. The minimum Gasteiger partial charge on any atom is -0.376 e. The molecule has 1 aliphatic rings. The first-order valence-corrected chi connectivity index (χ1v) is 8.87. The van der Waals surface area contributed by atoms with Gasteiger partial charge in [0.15, 0.2) is 5.16 Å². The van der Waals surface area contributed by atoms with E-state index in [0.29, 0.717) is 11.7 Å². The first kappa shape index (κ1) is 16.8. The van der Waals surface area contributed by atoms with E-state index < -0.39 is 0 Å². The fourth-order valence-corrected chi connectivity index (χ4v) is 3.35. The number of ether oxygens (including phenoxy) is 1. The fourth-order valence-electron chi connectivity index (χ4n) is 2.60. The van der Waals surface area contributed by atoms with Gasteiger partial charge in [0.1, 0.15) is 0 Å². The van der Waals surface area contributed by atoms with Crippen LogP contribution in [0, 0.1) is 6.92 Å². The molecule has 0 aliphatic carbocycles. The van der Waals surface area contributed by atoms with Crippen LogP contribution < -0.4 is 11.0 Å². The van der Waals surface area contributed by atoms with E-state index in [4.69, 9.17) is 4.74 Å². The van der Waals surface area contributed by atoms with Gasteiger partial charge in [-0.25, -0.2) is 9.89 Å². The fraction of sp³-hybridized carbons (Fsp3) is 0.438. The molecule has 1 atom stereocenters. The zero-order valence-corrected chi connectivity index (χ0v) is 14.3. The van der Waals surface area contributed by atoms with Crippen LogP contribution in [0.1, 0.15) is 18.4 Å². The van der Waals surface area contributed by atoms with Crippen molar-refractivity contribution in [1.82, 2.24) is 14.8 Å². The van der Waals surface area contributed by atoms with Gasteiger partial charge in [-0.3, -0.25) is 9.36 Å². The smallest absolute Gasteiger partial charge is 0.344 e. The summed E-state index contributed by atoms with van der Waals surface area (Å²) in [5, 5.41) is 9.83. The number of aromatic nitrogens is 3. The molecule has 1 fully saturated rings. The van der Waals surface area contributed by atoms with E-state index in [0.717, 1.165) is 30.7 Å². The van der Waals surface area contributed by atoms with Gasteiger partial charge in [-0.05, 0) is 31.4 Å². The summed E-state index contributed by atoms with van der Waals surface area (Å²) in [6.07, 6.45) is 1.99. The number of aryl methyl sites for hydroxylation is 1. The van der Waals surface area contributed by atoms with Gasteiger partial charge in [-0.1, -0.05) is 30.0 Å². The second kappa shape index (κ2) is 7.67. The molecule has 0 radical (unpaired) electrons. The Morgan fingerprint density at radius 1 is 1.50 bits per heavy atom. The molecular weight excluding hydrogens is 328 g/mol. The molecule has 2 heterocycles. The van der Waals surface area contributed by atoms with E-state index in [2.05, 4.69) is 15.5 Å². The van der Waals surface area contributed by atoms with Crippen molar-refractivity contribution in [3.05, 3.63) is 40.3 Å². The number of amides is 1. The van der Waals surface area contributed by atoms with Crippen LogP contribution in [-0.4, -0.2) is 39.1 Å². The van der Waals surface area contributed by atoms with Crippen molar-refractivity contribution < 1.29 is 9.53 Å². The standard InChI is InChI=1S/C16H20N4O3S/c1-11-5-2-3-7-13(11)17-14(21)10-24-16-19-18-15(22)20(16)9-12-6-4-8-23-12/h2-3,5,7,12H,4,6,8-10H2,1H3,(H,17,21)(H,18,22)/t12-/m1/s1. The summed E-state index contributed by atoms with van der Waals surface area (Å²) in [7, 11) is 0. The lowest BCUT2D eigenvalue weighted by molar-refractivity contribution is -0.113. The Bertz CT molecular complexity index is 765. The monoisotopic (exact) mass is 348 g/mol. The number of H-pyrrole nitrogens is 1. The molecule has 7 nitrogen and oxygen atoms in total. The predicted octanol–water partition coefficient (Wildman–Crippen LogP) is 1.79. The maximum absolute atomic E-state index is 12.1. The van der Waals surface area contributed by atoms with E-state index in [-0.39, 0.29) is 23.5 Å². The summed E-state index contributed by atoms with van der Waals surface area (Å²) in [6.45, 7) is 3.14. The number of carbonyl (C=O) groups is 1. The van der Waals surface area contributed by atoms with Crippen molar-refractivity contribution in [1.29, 1.82) is 0 Å². The average molecular weight is 348 g/mol. The third-order valence-corrected chi connectivity index (χ3v) is 4.86. The summed E-state index contributed by atoms with van der Waals surface area (Å²) < 4.78 is 7.11. The molecular formula is C16H20N4O3S. The van der Waals surface area contributed by atoms with Crippen molar-refractivity contribution >= 4 is 23.4 Å². The molecule has 24 heavy (non-hydrogen) atoms. The zero-order valence-electron chi connectivity index (χ0n) is 13.4. The SMILES string of the molecule is Cc1ccccc1NC(=O)CSc1n[nH]c(=O)n1C[C@H]1CCCO1. The van der Waals surface area contributed by atoms with Gasteiger partial charge in [0.2, 0.25) is 5.91 Å². The van der Waals surface area contributed by atoms with Crippen LogP contribution in [0.3, 0.4) is 0 Å². The number of anilines is 1. The Balaban J connectivity index is 1.59. The number of thioether (sulfide) groups is 1. The first-order chi connectivity index (χ1) is 11.6.